The number of nitrogens with zero attached hydrogens (tertiary/aromatic N) is 3. The molecule has 1 aromatic rings. The van der Waals surface area contributed by atoms with Crippen molar-refractivity contribution < 1.29 is 4.79 Å². The second-order valence-corrected chi connectivity index (χ2v) is 9.67. The summed E-state index contributed by atoms with van der Waals surface area (Å²) in [5.41, 5.74) is 1.38. The number of carbonyl (C=O) groups excluding carboxylic acids is 1. The summed E-state index contributed by atoms with van der Waals surface area (Å²) < 4.78 is 0. The Bertz CT molecular complexity index is 693. The molecule has 2 aliphatic heterocycles. The Hall–Kier alpha value is -1.60. The summed E-state index contributed by atoms with van der Waals surface area (Å²) in [4.78, 5) is 23.4. The molecule has 3 heterocycles. The lowest BCUT2D eigenvalue weighted by Crippen LogP contribution is -2.49. The largest absolute Gasteiger partial charge is 0.357 e. The first-order valence-corrected chi connectivity index (χ1v) is 12.0. The second kappa shape index (κ2) is 10.4. The van der Waals surface area contributed by atoms with E-state index in [0.29, 0.717) is 13.0 Å². The highest BCUT2D eigenvalue weighted by Crippen LogP contribution is 2.24. The van der Waals surface area contributed by atoms with Crippen LogP contribution in [0.25, 0.3) is 0 Å². The van der Waals surface area contributed by atoms with Gasteiger partial charge in [0.15, 0.2) is 5.96 Å². The van der Waals surface area contributed by atoms with Gasteiger partial charge < -0.3 is 15.5 Å². The molecule has 6 nitrogen and oxygen atoms in total. The number of thiophene rings is 1. The summed E-state index contributed by atoms with van der Waals surface area (Å²) in [6.07, 6.45) is 5.41. The third-order valence-corrected chi connectivity index (χ3v) is 7.00. The Kier molecular flexibility index (Phi) is 7.95. The van der Waals surface area contributed by atoms with E-state index in [9.17, 15) is 4.79 Å². The molecule has 0 aliphatic carbocycles. The number of carbonyl (C=O) groups is 1. The molecule has 7 heteroatoms. The maximum Gasteiger partial charge on any atom is 0.224 e. The van der Waals surface area contributed by atoms with Crippen molar-refractivity contribution in [2.45, 2.75) is 65.0 Å². The van der Waals surface area contributed by atoms with Crippen LogP contribution in [0.2, 0.25) is 0 Å². The highest BCUT2D eigenvalue weighted by molar-refractivity contribution is 7.10. The molecule has 2 aliphatic rings. The molecular weight excluding hydrogens is 382 g/mol. The van der Waals surface area contributed by atoms with Crippen molar-refractivity contribution in [3.05, 3.63) is 21.9 Å². The fourth-order valence-electron chi connectivity index (χ4n) is 4.12. The Balaban J connectivity index is 1.46. The molecule has 29 heavy (non-hydrogen) atoms. The van der Waals surface area contributed by atoms with Crippen LogP contribution in [0.3, 0.4) is 0 Å². The van der Waals surface area contributed by atoms with Crippen molar-refractivity contribution in [3.8, 4) is 0 Å². The van der Waals surface area contributed by atoms with Gasteiger partial charge in [-0.3, -0.25) is 14.7 Å². The summed E-state index contributed by atoms with van der Waals surface area (Å²) in [5.74, 6) is 1.03. The fourth-order valence-corrected chi connectivity index (χ4v) is 5.01. The molecule has 0 saturated carbocycles. The first-order chi connectivity index (χ1) is 14.0. The smallest absolute Gasteiger partial charge is 0.224 e. The molecule has 0 unspecified atom stereocenters. The Labute approximate surface area is 179 Å². The number of piperidine rings is 1. The zero-order valence-electron chi connectivity index (χ0n) is 18.3. The van der Waals surface area contributed by atoms with Crippen molar-refractivity contribution in [2.24, 2.45) is 4.99 Å². The van der Waals surface area contributed by atoms with E-state index in [-0.39, 0.29) is 11.4 Å². The predicted molar refractivity (Wildman–Crippen MR) is 122 cm³/mol. The van der Waals surface area contributed by atoms with Crippen LogP contribution in [0.4, 0.5) is 0 Å². The van der Waals surface area contributed by atoms with E-state index in [1.54, 1.807) is 11.3 Å². The van der Waals surface area contributed by atoms with Gasteiger partial charge in [0.1, 0.15) is 0 Å². The quantitative estimate of drug-likeness (QED) is 0.527. The molecule has 1 amide bonds. The molecule has 162 valence electrons. The van der Waals surface area contributed by atoms with Crippen LogP contribution in [0.5, 0.6) is 0 Å². The van der Waals surface area contributed by atoms with E-state index in [1.165, 1.54) is 42.8 Å². The molecule has 2 N–H and O–H groups in total. The van der Waals surface area contributed by atoms with Gasteiger partial charge in [0.2, 0.25) is 5.91 Å². The molecule has 0 spiro atoms. The van der Waals surface area contributed by atoms with Crippen molar-refractivity contribution >= 4 is 23.2 Å². The Morgan fingerprint density at radius 1 is 1.21 bits per heavy atom. The van der Waals surface area contributed by atoms with Crippen LogP contribution < -0.4 is 10.6 Å². The highest BCUT2D eigenvalue weighted by atomic mass is 32.1. The SMILES string of the molecule is CCNC(=NCC(C)(C)N1CCCCC1)NCCC(=O)N1CCc2sccc2C1. The normalized spacial score (nSPS) is 18.4. The van der Waals surface area contributed by atoms with E-state index in [1.807, 2.05) is 4.90 Å². The summed E-state index contributed by atoms with van der Waals surface area (Å²) in [6.45, 7) is 12.8. The van der Waals surface area contributed by atoms with Crippen LogP contribution in [0.15, 0.2) is 16.4 Å². The molecule has 1 saturated heterocycles. The molecule has 1 fully saturated rings. The van der Waals surface area contributed by atoms with Crippen LogP contribution in [0, 0.1) is 0 Å². The predicted octanol–water partition coefficient (Wildman–Crippen LogP) is 2.84. The van der Waals surface area contributed by atoms with E-state index in [2.05, 4.69) is 47.8 Å². The van der Waals surface area contributed by atoms with Gasteiger partial charge in [-0.05, 0) is 70.1 Å². The number of fused-ring (bicyclic) bond motifs is 1. The van der Waals surface area contributed by atoms with Crippen LogP contribution in [0.1, 0.15) is 56.9 Å². The third kappa shape index (κ3) is 6.19. The highest BCUT2D eigenvalue weighted by Gasteiger charge is 2.27. The van der Waals surface area contributed by atoms with E-state index in [0.717, 1.165) is 38.6 Å². The third-order valence-electron chi connectivity index (χ3n) is 5.97. The summed E-state index contributed by atoms with van der Waals surface area (Å²) >= 11 is 1.81. The monoisotopic (exact) mass is 419 g/mol. The van der Waals surface area contributed by atoms with Gasteiger partial charge >= 0.3 is 0 Å². The van der Waals surface area contributed by atoms with Gasteiger partial charge in [-0.1, -0.05) is 6.42 Å². The minimum absolute atomic E-state index is 0.0602. The van der Waals surface area contributed by atoms with Gasteiger partial charge in [0.25, 0.3) is 0 Å². The van der Waals surface area contributed by atoms with Crippen LogP contribution in [-0.4, -0.2) is 66.5 Å². The topological polar surface area (TPSA) is 60.0 Å². The van der Waals surface area contributed by atoms with E-state index in [4.69, 9.17) is 4.99 Å². The zero-order chi connectivity index (χ0) is 20.7. The summed E-state index contributed by atoms with van der Waals surface area (Å²) in [5, 5.41) is 8.80. The molecule has 0 atom stereocenters. The molecule has 0 aromatic carbocycles. The van der Waals surface area contributed by atoms with Gasteiger partial charge in [0.05, 0.1) is 6.54 Å². The van der Waals surface area contributed by atoms with E-state index < -0.39 is 0 Å². The van der Waals surface area contributed by atoms with Gasteiger partial charge in [-0.15, -0.1) is 11.3 Å². The number of guanidine groups is 1. The average Bonchev–Trinajstić information content (AvgIpc) is 3.20. The van der Waals surface area contributed by atoms with Crippen molar-refractivity contribution in [2.75, 3.05) is 39.3 Å². The number of amides is 1. The fraction of sp³-hybridized carbons (Fsp3) is 0.727. The average molecular weight is 420 g/mol. The zero-order valence-corrected chi connectivity index (χ0v) is 19.1. The number of hydrogen-bond donors (Lipinski definition) is 2. The van der Waals surface area contributed by atoms with Gasteiger partial charge in [-0.2, -0.15) is 0 Å². The van der Waals surface area contributed by atoms with Crippen LogP contribution in [-0.2, 0) is 17.8 Å². The Morgan fingerprint density at radius 2 is 2.00 bits per heavy atom. The molecule has 0 radical (unpaired) electrons. The van der Waals surface area contributed by atoms with E-state index >= 15 is 0 Å². The summed E-state index contributed by atoms with van der Waals surface area (Å²) in [7, 11) is 0. The first-order valence-electron chi connectivity index (χ1n) is 11.1. The maximum atomic E-state index is 12.6. The number of nitrogens with one attached hydrogen (secondary N) is 2. The maximum absolute atomic E-state index is 12.6. The number of hydrogen-bond acceptors (Lipinski definition) is 4. The number of likely N-dealkylation sites (tertiary alicyclic amines) is 1. The Morgan fingerprint density at radius 3 is 2.76 bits per heavy atom. The number of aliphatic imine (C=N–C) groups is 1. The lowest BCUT2D eigenvalue weighted by Gasteiger charge is -2.40. The molecule has 0 bridgehead atoms. The molecular formula is C22H37N5OS. The van der Waals surface area contributed by atoms with Crippen molar-refractivity contribution in [1.82, 2.24) is 20.4 Å². The first kappa shape index (κ1) is 22.1. The minimum Gasteiger partial charge on any atom is -0.357 e. The molecule has 1 aromatic heterocycles. The standard InChI is InChI=1S/C22H37N5OS/c1-4-23-21(25-17-22(2,3)27-12-6-5-7-13-27)24-11-8-20(28)26-14-9-19-18(16-26)10-15-29-19/h10,15H,4-9,11-14,16-17H2,1-3H3,(H2,23,24,25). The van der Waals surface area contributed by atoms with Crippen molar-refractivity contribution in [1.29, 1.82) is 0 Å². The summed E-state index contributed by atoms with van der Waals surface area (Å²) in [6, 6.07) is 2.15. The van der Waals surface area contributed by atoms with Gasteiger partial charge in [0, 0.05) is 43.0 Å². The minimum atomic E-state index is 0.0602. The molecule has 3 rings (SSSR count). The van der Waals surface area contributed by atoms with Crippen LogP contribution >= 0.6 is 11.3 Å². The van der Waals surface area contributed by atoms with Gasteiger partial charge in [-0.25, -0.2) is 0 Å². The lowest BCUT2D eigenvalue weighted by atomic mass is 9.99. The lowest BCUT2D eigenvalue weighted by molar-refractivity contribution is -0.131. The second-order valence-electron chi connectivity index (χ2n) is 8.67. The number of rotatable bonds is 7. The van der Waals surface area contributed by atoms with Crippen molar-refractivity contribution in [3.63, 3.8) is 0 Å².